The summed E-state index contributed by atoms with van der Waals surface area (Å²) in [6, 6.07) is 9.46. The van der Waals surface area contributed by atoms with Gasteiger partial charge in [-0.1, -0.05) is 52.0 Å². The average molecular weight is 318 g/mol. The molecule has 0 radical (unpaired) electrons. The standard InChI is InChI=1S/C21H35NO/c1-14(2)19-11-9-18(10-12-19)13-20(21(23)15(3)4)22(16(5)6)17(7)8/h9-12,14-17,20H,13H2,1-8H3. The molecule has 130 valence electrons. The summed E-state index contributed by atoms with van der Waals surface area (Å²) in [5, 5.41) is 0. The van der Waals surface area contributed by atoms with Gasteiger partial charge in [-0.05, 0) is 51.2 Å². The molecule has 0 saturated heterocycles. The third-order valence-corrected chi connectivity index (χ3v) is 4.53. The van der Waals surface area contributed by atoms with Crippen LogP contribution in [0.3, 0.4) is 0 Å². The molecule has 0 aliphatic carbocycles. The van der Waals surface area contributed by atoms with E-state index in [2.05, 4.69) is 70.7 Å². The molecule has 0 bridgehead atoms. The number of carbonyl (C=O) groups excluding carboxylic acids is 1. The van der Waals surface area contributed by atoms with Crippen molar-refractivity contribution in [2.45, 2.75) is 85.9 Å². The van der Waals surface area contributed by atoms with Gasteiger partial charge >= 0.3 is 0 Å². The number of benzene rings is 1. The Balaban J connectivity index is 3.07. The van der Waals surface area contributed by atoms with Crippen LogP contribution in [-0.4, -0.2) is 28.8 Å². The summed E-state index contributed by atoms with van der Waals surface area (Å²) in [5.74, 6) is 0.954. The molecule has 23 heavy (non-hydrogen) atoms. The number of hydrogen-bond donors (Lipinski definition) is 0. The Bertz CT molecular complexity index is 477. The fourth-order valence-corrected chi connectivity index (χ4v) is 3.32. The molecule has 0 spiro atoms. The summed E-state index contributed by atoms with van der Waals surface area (Å²) in [6.07, 6.45) is 0.797. The summed E-state index contributed by atoms with van der Waals surface area (Å²) >= 11 is 0. The number of carbonyl (C=O) groups is 1. The largest absolute Gasteiger partial charge is 0.298 e. The van der Waals surface area contributed by atoms with Crippen molar-refractivity contribution in [2.75, 3.05) is 0 Å². The van der Waals surface area contributed by atoms with Crippen LogP contribution in [0, 0.1) is 5.92 Å². The van der Waals surface area contributed by atoms with Gasteiger partial charge in [0, 0.05) is 18.0 Å². The molecule has 0 saturated carbocycles. The van der Waals surface area contributed by atoms with Gasteiger partial charge in [-0.3, -0.25) is 9.69 Å². The van der Waals surface area contributed by atoms with Gasteiger partial charge in [-0.25, -0.2) is 0 Å². The van der Waals surface area contributed by atoms with Gasteiger partial charge in [-0.2, -0.15) is 0 Å². The lowest BCUT2D eigenvalue weighted by Gasteiger charge is -2.38. The first kappa shape index (κ1) is 19.9. The highest BCUT2D eigenvalue weighted by atomic mass is 16.1. The second kappa shape index (κ2) is 8.63. The van der Waals surface area contributed by atoms with E-state index in [9.17, 15) is 4.79 Å². The highest BCUT2D eigenvalue weighted by Crippen LogP contribution is 2.21. The van der Waals surface area contributed by atoms with Gasteiger partial charge in [-0.15, -0.1) is 0 Å². The molecule has 0 N–H and O–H groups in total. The maximum Gasteiger partial charge on any atom is 0.152 e. The van der Waals surface area contributed by atoms with Gasteiger partial charge in [0.1, 0.15) is 0 Å². The van der Waals surface area contributed by atoms with Crippen LogP contribution in [0.5, 0.6) is 0 Å². The highest BCUT2D eigenvalue weighted by Gasteiger charge is 2.31. The number of rotatable bonds is 8. The molecule has 0 heterocycles. The second-order valence-corrected chi connectivity index (χ2v) is 7.81. The minimum absolute atomic E-state index is 0.0418. The molecule has 1 aromatic rings. The van der Waals surface area contributed by atoms with Crippen LogP contribution in [0.15, 0.2) is 24.3 Å². The number of nitrogens with zero attached hydrogens (tertiary/aromatic N) is 1. The number of ketones is 1. The van der Waals surface area contributed by atoms with E-state index in [1.165, 1.54) is 11.1 Å². The minimum atomic E-state index is -0.0418. The Morgan fingerprint density at radius 2 is 1.35 bits per heavy atom. The van der Waals surface area contributed by atoms with Gasteiger partial charge in [0.2, 0.25) is 0 Å². The molecule has 1 aromatic carbocycles. The van der Waals surface area contributed by atoms with E-state index < -0.39 is 0 Å². The van der Waals surface area contributed by atoms with Crippen molar-refractivity contribution in [2.24, 2.45) is 5.92 Å². The first-order chi connectivity index (χ1) is 10.6. The molecule has 2 heteroatoms. The van der Waals surface area contributed by atoms with Gasteiger partial charge in [0.15, 0.2) is 5.78 Å². The lowest BCUT2D eigenvalue weighted by atomic mass is 9.91. The van der Waals surface area contributed by atoms with E-state index in [4.69, 9.17) is 0 Å². The van der Waals surface area contributed by atoms with Crippen molar-refractivity contribution in [3.63, 3.8) is 0 Å². The maximum absolute atomic E-state index is 12.8. The monoisotopic (exact) mass is 317 g/mol. The minimum Gasteiger partial charge on any atom is -0.298 e. The van der Waals surface area contributed by atoms with E-state index in [0.29, 0.717) is 23.8 Å². The summed E-state index contributed by atoms with van der Waals surface area (Å²) < 4.78 is 0. The summed E-state index contributed by atoms with van der Waals surface area (Å²) in [6.45, 7) is 17.2. The smallest absolute Gasteiger partial charge is 0.152 e. The second-order valence-electron chi connectivity index (χ2n) is 7.81. The van der Waals surface area contributed by atoms with E-state index in [-0.39, 0.29) is 12.0 Å². The topological polar surface area (TPSA) is 20.3 Å². The van der Waals surface area contributed by atoms with Crippen LogP contribution in [0.2, 0.25) is 0 Å². The van der Waals surface area contributed by atoms with Crippen LogP contribution >= 0.6 is 0 Å². The SMILES string of the molecule is CC(C)C(=O)C(Cc1ccc(C(C)C)cc1)N(C(C)C)C(C)C. The van der Waals surface area contributed by atoms with Gasteiger partial charge < -0.3 is 0 Å². The summed E-state index contributed by atoms with van der Waals surface area (Å²) in [5.41, 5.74) is 2.60. The fraction of sp³-hybridized carbons (Fsp3) is 0.667. The predicted molar refractivity (Wildman–Crippen MR) is 100.0 cm³/mol. The lowest BCUT2D eigenvalue weighted by Crippen LogP contribution is -2.51. The molecular weight excluding hydrogens is 282 g/mol. The molecule has 1 rings (SSSR count). The van der Waals surface area contributed by atoms with E-state index in [1.807, 2.05) is 13.8 Å². The molecule has 1 atom stereocenters. The number of hydrogen-bond acceptors (Lipinski definition) is 2. The first-order valence-corrected chi connectivity index (χ1v) is 9.05. The van der Waals surface area contributed by atoms with Crippen molar-refractivity contribution < 1.29 is 4.79 Å². The van der Waals surface area contributed by atoms with Crippen LogP contribution in [0.4, 0.5) is 0 Å². The Hall–Kier alpha value is -1.15. The highest BCUT2D eigenvalue weighted by molar-refractivity contribution is 5.86. The fourth-order valence-electron chi connectivity index (χ4n) is 3.32. The van der Waals surface area contributed by atoms with Crippen LogP contribution in [0.1, 0.15) is 72.4 Å². The Morgan fingerprint density at radius 1 is 0.870 bits per heavy atom. The molecule has 0 amide bonds. The van der Waals surface area contributed by atoms with Gasteiger partial charge in [0.25, 0.3) is 0 Å². The normalized spacial score (nSPS) is 13.6. The molecule has 0 fully saturated rings. The van der Waals surface area contributed by atoms with Crippen LogP contribution in [-0.2, 0) is 11.2 Å². The Kier molecular flexibility index (Phi) is 7.47. The zero-order chi connectivity index (χ0) is 17.7. The molecule has 1 unspecified atom stereocenters. The predicted octanol–water partition coefficient (Wildman–Crippen LogP) is 5.07. The molecule has 0 aromatic heterocycles. The first-order valence-electron chi connectivity index (χ1n) is 9.05. The summed E-state index contributed by atoms with van der Waals surface area (Å²) in [4.78, 5) is 15.2. The van der Waals surface area contributed by atoms with Crippen molar-refractivity contribution in [1.29, 1.82) is 0 Å². The third kappa shape index (κ3) is 5.46. The van der Waals surface area contributed by atoms with Gasteiger partial charge in [0.05, 0.1) is 6.04 Å². The number of Topliss-reactive ketones (excluding diaryl/α,β-unsaturated/α-hetero) is 1. The van der Waals surface area contributed by atoms with Crippen LogP contribution in [0.25, 0.3) is 0 Å². The van der Waals surface area contributed by atoms with E-state index in [0.717, 1.165) is 6.42 Å². The van der Waals surface area contributed by atoms with Crippen molar-refractivity contribution in [3.8, 4) is 0 Å². The van der Waals surface area contributed by atoms with E-state index >= 15 is 0 Å². The van der Waals surface area contributed by atoms with Crippen LogP contribution < -0.4 is 0 Å². The third-order valence-electron chi connectivity index (χ3n) is 4.53. The van der Waals surface area contributed by atoms with Crippen molar-refractivity contribution >= 4 is 5.78 Å². The quantitative estimate of drug-likeness (QED) is 0.667. The van der Waals surface area contributed by atoms with Crippen molar-refractivity contribution in [1.82, 2.24) is 4.90 Å². The zero-order valence-corrected chi connectivity index (χ0v) is 16.3. The Labute approximate surface area is 143 Å². The molecule has 2 nitrogen and oxygen atoms in total. The van der Waals surface area contributed by atoms with Crippen molar-refractivity contribution in [3.05, 3.63) is 35.4 Å². The van der Waals surface area contributed by atoms with E-state index in [1.54, 1.807) is 0 Å². The molecule has 0 aliphatic rings. The Morgan fingerprint density at radius 3 is 1.70 bits per heavy atom. The molecular formula is C21H35NO. The summed E-state index contributed by atoms with van der Waals surface area (Å²) in [7, 11) is 0. The average Bonchev–Trinajstić information content (AvgIpc) is 2.45. The lowest BCUT2D eigenvalue weighted by molar-refractivity contribution is -0.129. The zero-order valence-electron chi connectivity index (χ0n) is 16.3. The maximum atomic E-state index is 12.8. The molecule has 0 aliphatic heterocycles.